The van der Waals surface area contributed by atoms with Gasteiger partial charge < -0.3 is 11.5 Å². The number of rotatable bonds is 2. The van der Waals surface area contributed by atoms with E-state index in [0.717, 1.165) is 22.5 Å². The van der Waals surface area contributed by atoms with Gasteiger partial charge in [0.2, 0.25) is 0 Å². The van der Waals surface area contributed by atoms with Gasteiger partial charge in [0, 0.05) is 16.9 Å². The minimum absolute atomic E-state index is 0.724. The highest BCUT2D eigenvalue weighted by molar-refractivity contribution is 5.74. The van der Waals surface area contributed by atoms with Gasteiger partial charge in [-0.2, -0.15) is 0 Å². The molecule has 2 nitrogen and oxygen atoms in total. The van der Waals surface area contributed by atoms with E-state index >= 15 is 0 Å². The molecule has 1 aromatic carbocycles. The topological polar surface area (TPSA) is 52.0 Å². The van der Waals surface area contributed by atoms with Crippen molar-refractivity contribution in [1.29, 1.82) is 0 Å². The fourth-order valence-corrected chi connectivity index (χ4v) is 1.17. The Morgan fingerprint density at radius 2 is 2.15 bits per heavy atom. The van der Waals surface area contributed by atoms with E-state index < -0.39 is 0 Å². The molecule has 0 atom stereocenters. The monoisotopic (exact) mass is 174 g/mol. The van der Waals surface area contributed by atoms with Gasteiger partial charge in [-0.1, -0.05) is 24.8 Å². The van der Waals surface area contributed by atoms with Gasteiger partial charge in [-0.25, -0.2) is 0 Å². The maximum atomic E-state index is 5.80. The second kappa shape index (κ2) is 3.81. The molecule has 0 aliphatic rings. The van der Waals surface area contributed by atoms with Crippen LogP contribution in [0.4, 0.5) is 5.69 Å². The van der Waals surface area contributed by atoms with Crippen LogP contribution in [0.3, 0.4) is 0 Å². The van der Waals surface area contributed by atoms with Crippen molar-refractivity contribution < 1.29 is 0 Å². The average molecular weight is 174 g/mol. The molecular weight excluding hydrogens is 160 g/mol. The van der Waals surface area contributed by atoms with E-state index in [4.69, 9.17) is 11.5 Å². The molecule has 0 heterocycles. The SMILES string of the molecule is C=Cc1cccc(N)c1/C=C(\C)N. The first-order valence-electron chi connectivity index (χ1n) is 4.10. The lowest BCUT2D eigenvalue weighted by molar-refractivity contribution is 1.34. The third kappa shape index (κ3) is 2.12. The van der Waals surface area contributed by atoms with Crippen molar-refractivity contribution in [2.24, 2.45) is 5.73 Å². The Labute approximate surface area is 78.6 Å². The van der Waals surface area contributed by atoms with Gasteiger partial charge in [-0.15, -0.1) is 0 Å². The summed E-state index contributed by atoms with van der Waals surface area (Å²) in [5.74, 6) is 0. The van der Waals surface area contributed by atoms with Crippen molar-refractivity contribution in [3.63, 3.8) is 0 Å². The van der Waals surface area contributed by atoms with Crippen LogP contribution in [0.1, 0.15) is 18.1 Å². The molecule has 0 aliphatic heterocycles. The van der Waals surface area contributed by atoms with Crippen LogP contribution in [0.25, 0.3) is 12.2 Å². The first kappa shape index (κ1) is 9.39. The normalized spacial score (nSPS) is 11.3. The summed E-state index contributed by atoms with van der Waals surface area (Å²) in [6.45, 7) is 5.55. The molecule has 0 aromatic heterocycles. The number of hydrogen-bond acceptors (Lipinski definition) is 2. The number of benzene rings is 1. The van der Waals surface area contributed by atoms with Crippen molar-refractivity contribution in [3.8, 4) is 0 Å². The molecule has 0 spiro atoms. The van der Waals surface area contributed by atoms with E-state index in [0.29, 0.717) is 0 Å². The number of nitrogens with two attached hydrogens (primary N) is 2. The van der Waals surface area contributed by atoms with Gasteiger partial charge >= 0.3 is 0 Å². The van der Waals surface area contributed by atoms with Gasteiger partial charge in [0.25, 0.3) is 0 Å². The second-order valence-electron chi connectivity index (χ2n) is 2.94. The summed E-state index contributed by atoms with van der Waals surface area (Å²) in [6, 6.07) is 5.70. The van der Waals surface area contributed by atoms with Crippen LogP contribution in [0, 0.1) is 0 Å². The Balaban J connectivity index is 3.31. The molecule has 4 N–H and O–H groups in total. The van der Waals surface area contributed by atoms with Gasteiger partial charge in [0.05, 0.1) is 0 Å². The number of nitrogen functional groups attached to an aromatic ring is 1. The lowest BCUT2D eigenvalue weighted by Crippen LogP contribution is -1.95. The lowest BCUT2D eigenvalue weighted by Gasteiger charge is -2.05. The van der Waals surface area contributed by atoms with E-state index in [-0.39, 0.29) is 0 Å². The zero-order valence-electron chi connectivity index (χ0n) is 7.75. The maximum absolute atomic E-state index is 5.80. The Kier molecular flexibility index (Phi) is 2.75. The molecule has 0 fully saturated rings. The summed E-state index contributed by atoms with van der Waals surface area (Å²) >= 11 is 0. The van der Waals surface area contributed by atoms with Crippen LogP contribution < -0.4 is 11.5 Å². The molecule has 2 heteroatoms. The summed E-state index contributed by atoms with van der Waals surface area (Å²) in [5, 5.41) is 0. The van der Waals surface area contributed by atoms with Gasteiger partial charge in [-0.3, -0.25) is 0 Å². The zero-order chi connectivity index (χ0) is 9.84. The Morgan fingerprint density at radius 1 is 1.46 bits per heavy atom. The predicted octanol–water partition coefficient (Wildman–Crippen LogP) is 2.23. The number of allylic oxidation sites excluding steroid dienone is 1. The van der Waals surface area contributed by atoms with Gasteiger partial charge in [0.1, 0.15) is 0 Å². The quantitative estimate of drug-likeness (QED) is 0.675. The van der Waals surface area contributed by atoms with Crippen LogP contribution in [-0.2, 0) is 0 Å². The third-order valence-corrected chi connectivity index (χ3v) is 1.77. The largest absolute Gasteiger partial charge is 0.402 e. The van der Waals surface area contributed by atoms with Crippen molar-refractivity contribution in [2.75, 3.05) is 5.73 Å². The first-order chi connectivity index (χ1) is 6.15. The molecule has 0 saturated heterocycles. The van der Waals surface area contributed by atoms with E-state index in [1.165, 1.54) is 0 Å². The predicted molar refractivity (Wildman–Crippen MR) is 58.8 cm³/mol. The van der Waals surface area contributed by atoms with Gasteiger partial charge in [-0.05, 0) is 24.6 Å². The lowest BCUT2D eigenvalue weighted by atomic mass is 10.0. The molecule has 0 saturated carbocycles. The summed E-state index contributed by atoms with van der Waals surface area (Å²) in [7, 11) is 0. The minimum atomic E-state index is 0.724. The highest BCUT2D eigenvalue weighted by Crippen LogP contribution is 2.20. The van der Waals surface area contributed by atoms with Gasteiger partial charge in [0.15, 0.2) is 0 Å². The van der Waals surface area contributed by atoms with Crippen molar-refractivity contribution >= 4 is 17.8 Å². The molecule has 0 amide bonds. The fraction of sp³-hybridized carbons (Fsp3) is 0.0909. The Bertz CT molecular complexity index is 347. The molecule has 68 valence electrons. The molecule has 0 unspecified atom stereocenters. The van der Waals surface area contributed by atoms with Crippen LogP contribution in [-0.4, -0.2) is 0 Å². The highest BCUT2D eigenvalue weighted by atomic mass is 14.6. The minimum Gasteiger partial charge on any atom is -0.402 e. The number of anilines is 1. The smallest absolute Gasteiger partial charge is 0.0394 e. The molecule has 1 aromatic rings. The second-order valence-corrected chi connectivity index (χ2v) is 2.94. The molecule has 0 bridgehead atoms. The zero-order valence-corrected chi connectivity index (χ0v) is 7.75. The van der Waals surface area contributed by atoms with E-state index in [2.05, 4.69) is 6.58 Å². The maximum Gasteiger partial charge on any atom is 0.0394 e. The Hall–Kier alpha value is -1.70. The highest BCUT2D eigenvalue weighted by Gasteiger charge is 1.99. The standard InChI is InChI=1S/C11H14N2/c1-3-9-5-4-6-11(13)10(9)7-8(2)12/h3-7H,1,12-13H2,2H3/b8-7+. The number of hydrogen-bond donors (Lipinski definition) is 2. The molecule has 13 heavy (non-hydrogen) atoms. The molecular formula is C11H14N2. The van der Waals surface area contributed by atoms with E-state index in [9.17, 15) is 0 Å². The summed E-state index contributed by atoms with van der Waals surface area (Å²) in [4.78, 5) is 0. The van der Waals surface area contributed by atoms with E-state index in [1.807, 2.05) is 31.2 Å². The third-order valence-electron chi connectivity index (χ3n) is 1.77. The van der Waals surface area contributed by atoms with Crippen LogP contribution in [0.15, 0.2) is 30.5 Å². The summed E-state index contributed by atoms with van der Waals surface area (Å²) in [6.07, 6.45) is 3.62. The van der Waals surface area contributed by atoms with E-state index in [1.54, 1.807) is 6.08 Å². The average Bonchev–Trinajstić information content (AvgIpc) is 2.08. The summed E-state index contributed by atoms with van der Waals surface area (Å²) < 4.78 is 0. The molecule has 1 rings (SSSR count). The van der Waals surface area contributed by atoms with Crippen LogP contribution in [0.5, 0.6) is 0 Å². The van der Waals surface area contributed by atoms with Crippen molar-refractivity contribution in [1.82, 2.24) is 0 Å². The molecule has 0 aliphatic carbocycles. The summed E-state index contributed by atoms with van der Waals surface area (Å²) in [5.41, 5.74) is 14.8. The Morgan fingerprint density at radius 3 is 2.69 bits per heavy atom. The van der Waals surface area contributed by atoms with Crippen LogP contribution in [0.2, 0.25) is 0 Å². The van der Waals surface area contributed by atoms with Crippen molar-refractivity contribution in [2.45, 2.75) is 6.92 Å². The fourth-order valence-electron chi connectivity index (χ4n) is 1.17. The van der Waals surface area contributed by atoms with Crippen molar-refractivity contribution in [3.05, 3.63) is 41.6 Å². The van der Waals surface area contributed by atoms with Crippen LogP contribution >= 0.6 is 0 Å². The first-order valence-corrected chi connectivity index (χ1v) is 4.10. The molecule has 0 radical (unpaired) electrons.